The molecule has 0 aromatic heterocycles. The lowest BCUT2D eigenvalue weighted by Gasteiger charge is -2.03. The van der Waals surface area contributed by atoms with E-state index in [1.807, 2.05) is 0 Å². The zero-order chi connectivity index (χ0) is 10.7. The third kappa shape index (κ3) is 1.79. The van der Waals surface area contributed by atoms with Gasteiger partial charge in [0.25, 0.3) is 5.69 Å². The quantitative estimate of drug-likeness (QED) is 0.421. The van der Waals surface area contributed by atoms with Gasteiger partial charge < -0.3 is 0 Å². The van der Waals surface area contributed by atoms with Gasteiger partial charge >= 0.3 is 0 Å². The molecule has 0 bridgehead atoms. The molecule has 0 aliphatic heterocycles. The molecule has 0 aliphatic carbocycles. The summed E-state index contributed by atoms with van der Waals surface area (Å²) in [6.45, 7) is 3.40. The van der Waals surface area contributed by atoms with Crippen molar-refractivity contribution in [3.05, 3.63) is 39.4 Å². The van der Waals surface area contributed by atoms with Crippen molar-refractivity contribution in [2.24, 2.45) is 0 Å². The van der Waals surface area contributed by atoms with Crippen molar-refractivity contribution in [2.45, 2.75) is 20.3 Å². The van der Waals surface area contributed by atoms with Gasteiger partial charge in [-0.15, -0.1) is 0 Å². The summed E-state index contributed by atoms with van der Waals surface area (Å²) < 4.78 is 0. The maximum absolute atomic E-state index is 11.5. The van der Waals surface area contributed by atoms with E-state index < -0.39 is 4.92 Å². The van der Waals surface area contributed by atoms with Crippen molar-refractivity contribution < 1.29 is 9.72 Å². The second-order valence-corrected chi connectivity index (χ2v) is 3.00. The SMILES string of the molecule is CCC(=O)c1c(C)cccc1[N+](=O)[O-]. The summed E-state index contributed by atoms with van der Waals surface area (Å²) in [6.07, 6.45) is 0.283. The fourth-order valence-electron chi connectivity index (χ4n) is 1.34. The first-order valence-corrected chi connectivity index (χ1v) is 4.35. The van der Waals surface area contributed by atoms with Crippen LogP contribution in [0.2, 0.25) is 0 Å². The summed E-state index contributed by atoms with van der Waals surface area (Å²) in [4.78, 5) is 21.6. The normalized spacial score (nSPS) is 9.86. The van der Waals surface area contributed by atoms with Crippen LogP contribution in [0.5, 0.6) is 0 Å². The third-order valence-corrected chi connectivity index (χ3v) is 2.05. The van der Waals surface area contributed by atoms with Gasteiger partial charge in [-0.2, -0.15) is 0 Å². The molecule has 1 aromatic rings. The van der Waals surface area contributed by atoms with Crippen LogP contribution in [0, 0.1) is 17.0 Å². The van der Waals surface area contributed by atoms with Crippen molar-refractivity contribution in [2.75, 3.05) is 0 Å². The number of nitrogens with zero attached hydrogens (tertiary/aromatic N) is 1. The first-order valence-electron chi connectivity index (χ1n) is 4.35. The van der Waals surface area contributed by atoms with Crippen molar-refractivity contribution in [1.29, 1.82) is 0 Å². The van der Waals surface area contributed by atoms with E-state index in [2.05, 4.69) is 0 Å². The lowest BCUT2D eigenvalue weighted by molar-refractivity contribution is -0.385. The molecule has 0 N–H and O–H groups in total. The zero-order valence-electron chi connectivity index (χ0n) is 8.11. The topological polar surface area (TPSA) is 60.2 Å². The molecule has 0 fully saturated rings. The molecule has 4 heteroatoms. The van der Waals surface area contributed by atoms with Crippen molar-refractivity contribution >= 4 is 11.5 Å². The average Bonchev–Trinajstić information content (AvgIpc) is 2.16. The summed E-state index contributed by atoms with van der Waals surface area (Å²) in [5.74, 6) is -0.185. The molecule has 74 valence electrons. The first kappa shape index (κ1) is 10.4. The van der Waals surface area contributed by atoms with Crippen LogP contribution in [0.25, 0.3) is 0 Å². The number of hydrogen-bond donors (Lipinski definition) is 0. The van der Waals surface area contributed by atoms with E-state index in [4.69, 9.17) is 0 Å². The molecule has 0 saturated heterocycles. The average molecular weight is 193 g/mol. The standard InChI is InChI=1S/C10H11NO3/c1-3-9(12)10-7(2)5-4-6-8(10)11(13)14/h4-6H,3H2,1-2H3. The summed E-state index contributed by atoms with van der Waals surface area (Å²) >= 11 is 0. The van der Waals surface area contributed by atoms with Crippen LogP contribution < -0.4 is 0 Å². The van der Waals surface area contributed by atoms with E-state index in [9.17, 15) is 14.9 Å². The van der Waals surface area contributed by atoms with Gasteiger partial charge in [0.2, 0.25) is 0 Å². The Balaban J connectivity index is 3.36. The molecule has 4 nitrogen and oxygen atoms in total. The molecule has 0 radical (unpaired) electrons. The molecule has 0 atom stereocenters. The van der Waals surface area contributed by atoms with Crippen LogP contribution in [0.4, 0.5) is 5.69 Å². The van der Waals surface area contributed by atoms with Gasteiger partial charge in [0.1, 0.15) is 0 Å². The van der Waals surface area contributed by atoms with E-state index in [-0.39, 0.29) is 23.5 Å². The van der Waals surface area contributed by atoms with Crippen molar-refractivity contribution in [3.8, 4) is 0 Å². The lowest BCUT2D eigenvalue weighted by Crippen LogP contribution is -2.04. The Morgan fingerprint density at radius 3 is 2.64 bits per heavy atom. The van der Waals surface area contributed by atoms with Crippen LogP contribution in [0.15, 0.2) is 18.2 Å². The molecule has 0 amide bonds. The van der Waals surface area contributed by atoms with Gasteiger partial charge in [-0.05, 0) is 12.5 Å². The number of aryl methyl sites for hydroxylation is 1. The van der Waals surface area contributed by atoms with Crippen LogP contribution >= 0.6 is 0 Å². The largest absolute Gasteiger partial charge is 0.294 e. The van der Waals surface area contributed by atoms with Crippen molar-refractivity contribution in [1.82, 2.24) is 0 Å². The minimum atomic E-state index is -0.518. The predicted octanol–water partition coefficient (Wildman–Crippen LogP) is 2.50. The number of carbonyl (C=O) groups is 1. The minimum Gasteiger partial charge on any atom is -0.294 e. The molecule has 0 unspecified atom stereocenters. The second-order valence-electron chi connectivity index (χ2n) is 3.00. The molecule has 1 aromatic carbocycles. The maximum atomic E-state index is 11.5. The molecule has 0 aliphatic rings. The highest BCUT2D eigenvalue weighted by atomic mass is 16.6. The molecule has 14 heavy (non-hydrogen) atoms. The van der Waals surface area contributed by atoms with Crippen LogP contribution in [0.1, 0.15) is 29.3 Å². The van der Waals surface area contributed by atoms with E-state index in [1.54, 1.807) is 26.0 Å². The first-order chi connectivity index (χ1) is 6.57. The monoisotopic (exact) mass is 193 g/mol. The Morgan fingerprint density at radius 2 is 2.14 bits per heavy atom. The zero-order valence-corrected chi connectivity index (χ0v) is 8.11. The second kappa shape index (κ2) is 4.00. The Kier molecular flexibility index (Phi) is 2.96. The summed E-state index contributed by atoms with van der Waals surface area (Å²) in [7, 11) is 0. The number of rotatable bonds is 3. The fourth-order valence-corrected chi connectivity index (χ4v) is 1.34. The summed E-state index contributed by atoms with van der Waals surface area (Å²) in [6, 6.07) is 4.64. The highest BCUT2D eigenvalue weighted by Gasteiger charge is 2.20. The van der Waals surface area contributed by atoms with E-state index >= 15 is 0 Å². The Morgan fingerprint density at radius 1 is 1.50 bits per heavy atom. The molecule has 0 spiro atoms. The Bertz CT molecular complexity index is 385. The molecular weight excluding hydrogens is 182 g/mol. The lowest BCUT2D eigenvalue weighted by atomic mass is 10.0. The van der Waals surface area contributed by atoms with E-state index in [1.165, 1.54) is 6.07 Å². The number of carbonyl (C=O) groups excluding carboxylic acids is 1. The van der Waals surface area contributed by atoms with Gasteiger partial charge in [-0.1, -0.05) is 19.1 Å². The van der Waals surface area contributed by atoms with Gasteiger partial charge in [-0.25, -0.2) is 0 Å². The van der Waals surface area contributed by atoms with Crippen LogP contribution in [-0.2, 0) is 0 Å². The summed E-state index contributed by atoms with van der Waals surface area (Å²) in [5.41, 5.74) is 0.794. The Hall–Kier alpha value is -1.71. The van der Waals surface area contributed by atoms with Gasteiger partial charge in [0.05, 0.1) is 10.5 Å². The number of hydrogen-bond acceptors (Lipinski definition) is 3. The van der Waals surface area contributed by atoms with Gasteiger partial charge in [-0.3, -0.25) is 14.9 Å². The summed E-state index contributed by atoms with van der Waals surface area (Å²) in [5, 5.41) is 10.6. The number of ketones is 1. The predicted molar refractivity (Wildman–Crippen MR) is 52.5 cm³/mol. The number of Topliss-reactive ketones (excluding diaryl/α,β-unsaturated/α-hetero) is 1. The fraction of sp³-hybridized carbons (Fsp3) is 0.300. The molecular formula is C10H11NO3. The Labute approximate surface area is 81.7 Å². The smallest absolute Gasteiger partial charge is 0.280 e. The number of benzene rings is 1. The molecule has 0 saturated carbocycles. The third-order valence-electron chi connectivity index (χ3n) is 2.05. The number of nitro benzene ring substituents is 1. The van der Waals surface area contributed by atoms with E-state index in [0.717, 1.165) is 0 Å². The molecule has 0 heterocycles. The van der Waals surface area contributed by atoms with Gasteiger partial charge in [0, 0.05) is 12.5 Å². The maximum Gasteiger partial charge on any atom is 0.280 e. The minimum absolute atomic E-state index is 0.100. The van der Waals surface area contributed by atoms with Crippen LogP contribution in [-0.4, -0.2) is 10.7 Å². The van der Waals surface area contributed by atoms with E-state index in [0.29, 0.717) is 5.56 Å². The number of nitro groups is 1. The highest BCUT2D eigenvalue weighted by Crippen LogP contribution is 2.22. The highest BCUT2D eigenvalue weighted by molar-refractivity contribution is 6.00. The molecule has 1 rings (SSSR count). The van der Waals surface area contributed by atoms with Gasteiger partial charge in [0.15, 0.2) is 5.78 Å². The van der Waals surface area contributed by atoms with Crippen molar-refractivity contribution in [3.63, 3.8) is 0 Å². The van der Waals surface area contributed by atoms with Crippen LogP contribution in [0.3, 0.4) is 0 Å².